The standard InChI is InChI=1S/C10H13N5OS/c1-2-17-10(12-1)5-11-4-9-6-15-8(7-16-9)3-13-14-15/h1-3,9,11H,4-7H2/t9-/m0/s1. The van der Waals surface area contributed by atoms with Gasteiger partial charge in [-0.2, -0.15) is 0 Å². The fraction of sp³-hybridized carbons (Fsp3) is 0.500. The zero-order valence-corrected chi connectivity index (χ0v) is 10.1. The molecule has 7 heteroatoms. The molecule has 3 rings (SSSR count). The van der Waals surface area contributed by atoms with Crippen LogP contribution in [0.5, 0.6) is 0 Å². The van der Waals surface area contributed by atoms with Gasteiger partial charge in [0.25, 0.3) is 0 Å². The summed E-state index contributed by atoms with van der Waals surface area (Å²) in [6, 6.07) is 0. The van der Waals surface area contributed by atoms with E-state index in [2.05, 4.69) is 20.6 Å². The maximum atomic E-state index is 5.70. The molecule has 0 amide bonds. The summed E-state index contributed by atoms with van der Waals surface area (Å²) in [7, 11) is 0. The lowest BCUT2D eigenvalue weighted by atomic mass is 10.3. The van der Waals surface area contributed by atoms with Crippen LogP contribution in [0.25, 0.3) is 0 Å². The molecule has 3 heterocycles. The third kappa shape index (κ3) is 2.51. The van der Waals surface area contributed by atoms with E-state index < -0.39 is 0 Å². The van der Waals surface area contributed by atoms with Crippen molar-refractivity contribution >= 4 is 11.3 Å². The van der Waals surface area contributed by atoms with Crippen molar-refractivity contribution < 1.29 is 4.74 Å². The van der Waals surface area contributed by atoms with E-state index in [9.17, 15) is 0 Å². The summed E-state index contributed by atoms with van der Waals surface area (Å²) in [6.45, 7) is 2.96. The molecule has 0 aromatic carbocycles. The first-order valence-electron chi connectivity index (χ1n) is 5.50. The molecule has 17 heavy (non-hydrogen) atoms. The van der Waals surface area contributed by atoms with E-state index in [4.69, 9.17) is 4.74 Å². The van der Waals surface area contributed by atoms with Gasteiger partial charge in [-0.3, -0.25) is 0 Å². The van der Waals surface area contributed by atoms with Crippen LogP contribution in [0.3, 0.4) is 0 Å². The number of nitrogens with one attached hydrogen (secondary N) is 1. The molecule has 2 aromatic rings. The Morgan fingerprint density at radius 1 is 1.59 bits per heavy atom. The van der Waals surface area contributed by atoms with Crippen LogP contribution in [0.15, 0.2) is 17.8 Å². The lowest BCUT2D eigenvalue weighted by Crippen LogP contribution is -2.36. The largest absolute Gasteiger partial charge is 0.369 e. The number of ether oxygens (including phenoxy) is 1. The molecule has 0 fully saturated rings. The number of aromatic nitrogens is 4. The van der Waals surface area contributed by atoms with Crippen molar-refractivity contribution in [1.82, 2.24) is 25.3 Å². The van der Waals surface area contributed by atoms with Crippen LogP contribution in [0, 0.1) is 0 Å². The van der Waals surface area contributed by atoms with Crippen LogP contribution in [-0.2, 0) is 24.4 Å². The number of fused-ring (bicyclic) bond motifs is 1. The van der Waals surface area contributed by atoms with E-state index >= 15 is 0 Å². The molecule has 1 N–H and O–H groups in total. The Bertz CT molecular complexity index is 469. The zero-order valence-electron chi connectivity index (χ0n) is 9.24. The second-order valence-electron chi connectivity index (χ2n) is 3.90. The first kappa shape index (κ1) is 10.8. The minimum absolute atomic E-state index is 0.157. The molecule has 1 atom stereocenters. The van der Waals surface area contributed by atoms with E-state index in [1.54, 1.807) is 17.5 Å². The average Bonchev–Trinajstić information content (AvgIpc) is 2.98. The second-order valence-corrected chi connectivity index (χ2v) is 4.88. The van der Waals surface area contributed by atoms with Crippen molar-refractivity contribution in [3.63, 3.8) is 0 Å². The predicted molar refractivity (Wildman–Crippen MR) is 62.4 cm³/mol. The highest BCUT2D eigenvalue weighted by Crippen LogP contribution is 2.11. The van der Waals surface area contributed by atoms with Crippen LogP contribution < -0.4 is 5.32 Å². The van der Waals surface area contributed by atoms with Gasteiger partial charge in [-0.25, -0.2) is 9.67 Å². The van der Waals surface area contributed by atoms with E-state index in [1.165, 1.54) is 0 Å². The van der Waals surface area contributed by atoms with Crippen molar-refractivity contribution in [2.75, 3.05) is 6.54 Å². The lowest BCUT2D eigenvalue weighted by Gasteiger charge is -2.23. The highest BCUT2D eigenvalue weighted by molar-refractivity contribution is 7.09. The summed E-state index contributed by atoms with van der Waals surface area (Å²) in [4.78, 5) is 4.21. The molecular formula is C10H13N5OS. The molecule has 0 unspecified atom stereocenters. The molecule has 90 valence electrons. The smallest absolute Gasteiger partial charge is 0.106 e. The first-order valence-corrected chi connectivity index (χ1v) is 6.38. The van der Waals surface area contributed by atoms with Gasteiger partial charge in [0.05, 0.1) is 31.1 Å². The van der Waals surface area contributed by atoms with Gasteiger partial charge in [0.2, 0.25) is 0 Å². The third-order valence-corrected chi connectivity index (χ3v) is 3.45. The minimum atomic E-state index is 0.157. The molecule has 1 aliphatic rings. The SMILES string of the molecule is c1csc(CNC[C@H]2Cn3nncc3CO2)n1. The van der Waals surface area contributed by atoms with Crippen LogP contribution in [0.2, 0.25) is 0 Å². The minimum Gasteiger partial charge on any atom is -0.369 e. The normalized spacial score (nSPS) is 19.2. The average molecular weight is 251 g/mol. The fourth-order valence-electron chi connectivity index (χ4n) is 1.80. The molecule has 2 aromatic heterocycles. The van der Waals surface area contributed by atoms with Gasteiger partial charge in [-0.05, 0) is 0 Å². The molecule has 0 saturated carbocycles. The topological polar surface area (TPSA) is 64.9 Å². The lowest BCUT2D eigenvalue weighted by molar-refractivity contribution is 0.000979. The van der Waals surface area contributed by atoms with Gasteiger partial charge in [-0.15, -0.1) is 16.4 Å². The number of nitrogens with zero attached hydrogens (tertiary/aromatic N) is 4. The van der Waals surface area contributed by atoms with Gasteiger partial charge in [0.1, 0.15) is 5.01 Å². The molecule has 1 aliphatic heterocycles. The molecular weight excluding hydrogens is 238 g/mol. The molecule has 0 aliphatic carbocycles. The van der Waals surface area contributed by atoms with Gasteiger partial charge in [0.15, 0.2) is 0 Å². The Labute approximate surface area is 103 Å². The maximum absolute atomic E-state index is 5.70. The highest BCUT2D eigenvalue weighted by Gasteiger charge is 2.19. The first-order chi connectivity index (χ1) is 8.42. The summed E-state index contributed by atoms with van der Waals surface area (Å²) in [6.07, 6.45) is 3.73. The van der Waals surface area contributed by atoms with Crippen LogP contribution in [0.1, 0.15) is 10.7 Å². The Morgan fingerprint density at radius 2 is 2.59 bits per heavy atom. The summed E-state index contributed by atoms with van der Waals surface area (Å²) in [5, 5.41) is 14.3. The molecule has 0 bridgehead atoms. The van der Waals surface area contributed by atoms with E-state index in [1.807, 2.05) is 16.3 Å². The molecule has 6 nitrogen and oxygen atoms in total. The summed E-state index contributed by atoms with van der Waals surface area (Å²) in [5.41, 5.74) is 1.04. The van der Waals surface area contributed by atoms with Crippen molar-refractivity contribution in [2.24, 2.45) is 0 Å². The summed E-state index contributed by atoms with van der Waals surface area (Å²) >= 11 is 1.66. The predicted octanol–water partition coefficient (Wildman–Crippen LogP) is 0.423. The van der Waals surface area contributed by atoms with Gasteiger partial charge >= 0.3 is 0 Å². The van der Waals surface area contributed by atoms with Crippen LogP contribution in [0.4, 0.5) is 0 Å². The Balaban J connectivity index is 1.48. The van der Waals surface area contributed by atoms with Crippen molar-refractivity contribution in [2.45, 2.75) is 25.8 Å². The number of rotatable bonds is 4. The summed E-state index contributed by atoms with van der Waals surface area (Å²) < 4.78 is 7.60. The van der Waals surface area contributed by atoms with E-state index in [0.29, 0.717) is 6.61 Å². The molecule has 0 spiro atoms. The number of hydrogen-bond donors (Lipinski definition) is 1. The molecule has 0 radical (unpaired) electrons. The summed E-state index contributed by atoms with van der Waals surface area (Å²) in [5.74, 6) is 0. The molecule has 0 saturated heterocycles. The van der Waals surface area contributed by atoms with Gasteiger partial charge in [0, 0.05) is 24.7 Å². The Kier molecular flexibility index (Phi) is 3.12. The third-order valence-electron chi connectivity index (χ3n) is 2.67. The van der Waals surface area contributed by atoms with E-state index in [0.717, 1.165) is 30.3 Å². The van der Waals surface area contributed by atoms with Crippen molar-refractivity contribution in [3.8, 4) is 0 Å². The van der Waals surface area contributed by atoms with Crippen LogP contribution >= 0.6 is 11.3 Å². The fourth-order valence-corrected chi connectivity index (χ4v) is 2.38. The quantitative estimate of drug-likeness (QED) is 0.853. The zero-order chi connectivity index (χ0) is 11.5. The Hall–Kier alpha value is -1.31. The Morgan fingerprint density at radius 3 is 3.47 bits per heavy atom. The van der Waals surface area contributed by atoms with Crippen molar-refractivity contribution in [3.05, 3.63) is 28.5 Å². The van der Waals surface area contributed by atoms with E-state index in [-0.39, 0.29) is 6.10 Å². The van der Waals surface area contributed by atoms with Gasteiger partial charge in [-0.1, -0.05) is 5.21 Å². The van der Waals surface area contributed by atoms with Crippen LogP contribution in [-0.4, -0.2) is 32.6 Å². The maximum Gasteiger partial charge on any atom is 0.106 e. The highest BCUT2D eigenvalue weighted by atomic mass is 32.1. The number of hydrogen-bond acceptors (Lipinski definition) is 6. The van der Waals surface area contributed by atoms with Gasteiger partial charge < -0.3 is 10.1 Å². The number of thiazole rings is 1. The van der Waals surface area contributed by atoms with Crippen molar-refractivity contribution in [1.29, 1.82) is 0 Å². The second kappa shape index (κ2) is 4.91. The monoisotopic (exact) mass is 251 g/mol.